The third-order valence-corrected chi connectivity index (χ3v) is 8.16. The van der Waals surface area contributed by atoms with Crippen LogP contribution in [0.2, 0.25) is 9.36 Å². The maximum atomic E-state index is 13.1. The lowest BCUT2D eigenvalue weighted by atomic mass is 10.1. The van der Waals surface area contributed by atoms with Crippen molar-refractivity contribution in [3.8, 4) is 10.6 Å². The molecule has 14 heteroatoms. The molecule has 1 aliphatic heterocycles. The number of hydrogen-bond donors (Lipinski definition) is 2. The number of aromatic nitrogens is 1. The Bertz CT molecular complexity index is 1340. The maximum absolute atomic E-state index is 13.1. The van der Waals surface area contributed by atoms with Gasteiger partial charge in [0.05, 0.1) is 32.2 Å². The van der Waals surface area contributed by atoms with Crippen molar-refractivity contribution in [1.82, 2.24) is 9.88 Å². The number of anilines is 1. The van der Waals surface area contributed by atoms with Gasteiger partial charge < -0.3 is 19.3 Å². The highest BCUT2D eigenvalue weighted by Crippen LogP contribution is 2.34. The molecule has 4 rings (SSSR count). The summed E-state index contributed by atoms with van der Waals surface area (Å²) < 4.78 is 39.1. The molecule has 10 nitrogen and oxygen atoms in total. The quantitative estimate of drug-likeness (QED) is 0.440. The first-order valence-corrected chi connectivity index (χ1v) is 12.8. The van der Waals surface area contributed by atoms with Crippen LogP contribution in [0.3, 0.4) is 0 Å². The first-order valence-electron chi connectivity index (χ1n) is 9.79. The van der Waals surface area contributed by atoms with Gasteiger partial charge in [-0.3, -0.25) is 9.59 Å². The largest absolute Gasteiger partial charge is 0.480 e. The molecule has 0 unspecified atom stereocenters. The fourth-order valence-corrected chi connectivity index (χ4v) is 6.11. The Balaban J connectivity index is 1.56. The molecule has 2 aromatic heterocycles. The van der Waals surface area contributed by atoms with E-state index in [1.54, 1.807) is 12.1 Å². The fraction of sp³-hybridized carbons (Fsp3) is 0.250. The van der Waals surface area contributed by atoms with Crippen molar-refractivity contribution in [3.63, 3.8) is 0 Å². The lowest BCUT2D eigenvalue weighted by molar-refractivity contribution is -0.139. The maximum Gasteiger partial charge on any atom is 0.322 e. The lowest BCUT2D eigenvalue weighted by Crippen LogP contribution is -2.43. The van der Waals surface area contributed by atoms with Gasteiger partial charge in [-0.1, -0.05) is 34.4 Å². The summed E-state index contributed by atoms with van der Waals surface area (Å²) in [6, 6.07) is 7.52. The molecular weight excluding hydrogens is 529 g/mol. The number of rotatable bonds is 8. The highest BCUT2D eigenvalue weighted by atomic mass is 35.5. The Labute approximate surface area is 208 Å². The second-order valence-corrected chi connectivity index (χ2v) is 11.0. The molecule has 1 fully saturated rings. The molecule has 1 amide bonds. The first-order chi connectivity index (χ1) is 16.2. The Morgan fingerprint density at radius 3 is 2.76 bits per heavy atom. The summed E-state index contributed by atoms with van der Waals surface area (Å²) in [7, 11) is -4.38. The average molecular weight is 546 g/mol. The number of amides is 1. The number of carboxylic acid groups (broad SMARTS) is 1. The minimum atomic E-state index is -4.38. The molecule has 180 valence electrons. The van der Waals surface area contributed by atoms with Crippen LogP contribution in [0.4, 0.5) is 5.69 Å². The number of thiophene rings is 1. The second-order valence-electron chi connectivity index (χ2n) is 7.19. The summed E-state index contributed by atoms with van der Waals surface area (Å²) in [5.74, 6) is -1.40. The number of ether oxygens (including phenoxy) is 1. The number of carboxylic acids is 1. The standard InChI is InChI=1S/C20H17Cl2N3O7S2/c21-17-5-4-15(33-17)14-9-11(23-32-14)8-12(20(27)28)24-34(29,30)16-3-1-2-13(19(16)22)25-6-7-31-10-18(25)26/h1-5,9,12,24H,6-8,10H2,(H,27,28)/t12-/m0/s1. The number of nitrogens with one attached hydrogen (secondary N) is 1. The summed E-state index contributed by atoms with van der Waals surface area (Å²) in [6.07, 6.45) is -0.281. The molecule has 0 aliphatic carbocycles. The Morgan fingerprint density at radius 2 is 2.09 bits per heavy atom. The number of carbonyl (C=O) groups is 2. The van der Waals surface area contributed by atoms with E-state index >= 15 is 0 Å². The molecule has 34 heavy (non-hydrogen) atoms. The predicted octanol–water partition coefficient (Wildman–Crippen LogP) is 3.05. The van der Waals surface area contributed by atoms with Gasteiger partial charge in [0.25, 0.3) is 5.91 Å². The number of benzene rings is 1. The summed E-state index contributed by atoms with van der Waals surface area (Å²) in [5, 5.41) is 13.3. The van der Waals surface area contributed by atoms with Gasteiger partial charge in [0.1, 0.15) is 17.5 Å². The van der Waals surface area contributed by atoms with E-state index in [-0.39, 0.29) is 53.4 Å². The van der Waals surface area contributed by atoms with Crippen LogP contribution in [0, 0.1) is 0 Å². The van der Waals surface area contributed by atoms with Gasteiger partial charge in [0, 0.05) is 19.0 Å². The van der Waals surface area contributed by atoms with Crippen LogP contribution in [0.5, 0.6) is 0 Å². The number of sulfonamides is 1. The van der Waals surface area contributed by atoms with Gasteiger partial charge in [0.2, 0.25) is 10.0 Å². The molecule has 1 aromatic carbocycles. The van der Waals surface area contributed by atoms with E-state index in [0.29, 0.717) is 15.0 Å². The topological polar surface area (TPSA) is 139 Å². The van der Waals surface area contributed by atoms with Crippen molar-refractivity contribution in [1.29, 1.82) is 0 Å². The zero-order valence-electron chi connectivity index (χ0n) is 17.2. The van der Waals surface area contributed by atoms with E-state index in [4.69, 9.17) is 32.5 Å². The van der Waals surface area contributed by atoms with Gasteiger partial charge in [-0.25, -0.2) is 8.42 Å². The number of hydrogen-bond acceptors (Lipinski definition) is 8. The van der Waals surface area contributed by atoms with Crippen molar-refractivity contribution >= 4 is 62.1 Å². The minimum Gasteiger partial charge on any atom is -0.480 e. The van der Waals surface area contributed by atoms with Crippen molar-refractivity contribution < 1.29 is 32.4 Å². The smallest absolute Gasteiger partial charge is 0.322 e. The molecular formula is C20H17Cl2N3O7S2. The highest BCUT2D eigenvalue weighted by Gasteiger charge is 2.31. The van der Waals surface area contributed by atoms with Gasteiger partial charge >= 0.3 is 5.97 Å². The Morgan fingerprint density at radius 1 is 1.29 bits per heavy atom. The SMILES string of the molecule is O=C(O)[C@H](Cc1cc(-c2ccc(Cl)s2)on1)NS(=O)(=O)c1cccc(N2CCOCC2=O)c1Cl. The molecule has 0 radical (unpaired) electrons. The summed E-state index contributed by atoms with van der Waals surface area (Å²) in [4.78, 5) is 25.7. The van der Waals surface area contributed by atoms with E-state index in [1.165, 1.54) is 40.5 Å². The van der Waals surface area contributed by atoms with Crippen molar-refractivity contribution in [2.45, 2.75) is 17.4 Å². The number of aliphatic carboxylic acids is 1. The Kier molecular flexibility index (Phi) is 7.26. The zero-order chi connectivity index (χ0) is 24.5. The summed E-state index contributed by atoms with van der Waals surface area (Å²) in [6.45, 7) is 0.330. The molecule has 0 bridgehead atoms. The van der Waals surface area contributed by atoms with Crippen LogP contribution in [0.1, 0.15) is 5.69 Å². The minimum absolute atomic E-state index is 0.149. The third kappa shape index (κ3) is 5.27. The van der Waals surface area contributed by atoms with Crippen molar-refractivity contribution in [2.75, 3.05) is 24.7 Å². The first kappa shape index (κ1) is 24.6. The third-order valence-electron chi connectivity index (χ3n) is 4.89. The van der Waals surface area contributed by atoms with Crippen molar-refractivity contribution in [2.24, 2.45) is 0 Å². The number of halogens is 2. The zero-order valence-corrected chi connectivity index (χ0v) is 20.4. The van der Waals surface area contributed by atoms with E-state index in [0.717, 1.165) is 0 Å². The van der Waals surface area contributed by atoms with Gasteiger partial charge in [-0.05, 0) is 24.3 Å². The number of morpholine rings is 1. The van der Waals surface area contributed by atoms with E-state index in [2.05, 4.69) is 9.88 Å². The van der Waals surface area contributed by atoms with Crippen LogP contribution in [-0.4, -0.2) is 56.4 Å². The molecule has 3 heterocycles. The van der Waals surface area contributed by atoms with Crippen LogP contribution < -0.4 is 9.62 Å². The van der Waals surface area contributed by atoms with E-state index < -0.39 is 22.0 Å². The van der Waals surface area contributed by atoms with Crippen LogP contribution in [0.15, 0.2) is 45.8 Å². The van der Waals surface area contributed by atoms with Crippen LogP contribution >= 0.6 is 34.5 Å². The highest BCUT2D eigenvalue weighted by molar-refractivity contribution is 7.89. The van der Waals surface area contributed by atoms with Crippen LogP contribution in [0.25, 0.3) is 10.6 Å². The van der Waals surface area contributed by atoms with Gasteiger partial charge in [0.15, 0.2) is 5.76 Å². The normalized spacial score (nSPS) is 15.5. The predicted molar refractivity (Wildman–Crippen MR) is 125 cm³/mol. The van der Waals surface area contributed by atoms with Crippen LogP contribution in [-0.2, 0) is 30.8 Å². The van der Waals surface area contributed by atoms with Crippen molar-refractivity contribution in [3.05, 3.63) is 51.5 Å². The average Bonchev–Trinajstić information content (AvgIpc) is 3.42. The molecule has 0 saturated carbocycles. The molecule has 1 atom stereocenters. The number of carbonyl (C=O) groups excluding carboxylic acids is 1. The molecule has 1 saturated heterocycles. The fourth-order valence-electron chi connectivity index (χ4n) is 3.30. The van der Waals surface area contributed by atoms with Gasteiger partial charge in [-0.2, -0.15) is 4.72 Å². The Hall–Kier alpha value is -2.48. The lowest BCUT2D eigenvalue weighted by Gasteiger charge is -2.28. The molecule has 2 N–H and O–H groups in total. The number of nitrogens with zero attached hydrogens (tertiary/aromatic N) is 2. The van der Waals surface area contributed by atoms with Gasteiger partial charge in [-0.15, -0.1) is 11.3 Å². The molecule has 0 spiro atoms. The molecule has 1 aliphatic rings. The summed E-state index contributed by atoms with van der Waals surface area (Å²) in [5.41, 5.74) is 0.425. The second kappa shape index (κ2) is 10.0. The van der Waals surface area contributed by atoms with E-state index in [9.17, 15) is 23.1 Å². The summed E-state index contributed by atoms with van der Waals surface area (Å²) >= 11 is 13.5. The van der Waals surface area contributed by atoms with E-state index in [1.807, 2.05) is 0 Å². The molecule has 3 aromatic rings. The monoisotopic (exact) mass is 545 g/mol.